The van der Waals surface area contributed by atoms with Gasteiger partial charge in [-0.05, 0) is 66.6 Å². The first-order chi connectivity index (χ1) is 18.7. The Morgan fingerprint density at radius 2 is 1.92 bits per heavy atom. The van der Waals surface area contributed by atoms with Crippen molar-refractivity contribution in [2.75, 3.05) is 5.32 Å². The van der Waals surface area contributed by atoms with Crippen LogP contribution in [0.4, 0.5) is 18.3 Å². The van der Waals surface area contributed by atoms with Gasteiger partial charge in [-0.15, -0.1) is 23.4 Å². The van der Waals surface area contributed by atoms with Crippen LogP contribution in [-0.4, -0.2) is 28.7 Å². The van der Waals surface area contributed by atoms with Gasteiger partial charge in [0, 0.05) is 12.6 Å². The molecule has 0 unspecified atom stereocenters. The summed E-state index contributed by atoms with van der Waals surface area (Å²) in [4.78, 5) is 12.3. The van der Waals surface area contributed by atoms with E-state index >= 15 is 0 Å². The Balaban J connectivity index is 1.39. The van der Waals surface area contributed by atoms with E-state index in [1.54, 1.807) is 36.4 Å². The lowest BCUT2D eigenvalue weighted by molar-refractivity contribution is -0.274. The summed E-state index contributed by atoms with van der Waals surface area (Å²) in [6, 6.07) is 14.8. The van der Waals surface area contributed by atoms with Gasteiger partial charge in [-0.1, -0.05) is 53.8 Å². The number of hydrogen-bond donors (Lipinski definition) is 2. The molecule has 2 N–H and O–H groups in total. The molecule has 3 rings (SSSR count). The largest absolute Gasteiger partial charge is 0.573 e. The van der Waals surface area contributed by atoms with Gasteiger partial charge in [-0.3, -0.25) is 4.79 Å². The van der Waals surface area contributed by atoms with Crippen LogP contribution >= 0.6 is 11.3 Å². The molecule has 7 nitrogen and oxygen atoms in total. The number of unbranched alkanes of at least 4 members (excludes halogenated alkanes) is 1. The number of nitriles is 1. The maximum atomic E-state index is 12.4. The summed E-state index contributed by atoms with van der Waals surface area (Å²) < 4.78 is 41.1. The second kappa shape index (κ2) is 14.6. The minimum Gasteiger partial charge on any atom is -0.406 e. The Morgan fingerprint density at radius 1 is 1.13 bits per heavy atom. The second-order valence-electron chi connectivity index (χ2n) is 8.46. The molecular weight excluding hydrogens is 527 g/mol. The van der Waals surface area contributed by atoms with Gasteiger partial charge in [0.15, 0.2) is 0 Å². The molecule has 0 spiro atoms. The monoisotopic (exact) mass is 553 g/mol. The molecular formula is C28H26F3N5O2S. The third-order valence-corrected chi connectivity index (χ3v) is 6.26. The fraction of sp³-hybridized carbons (Fsp3) is 0.250. The highest BCUT2D eigenvalue weighted by molar-refractivity contribution is 7.15. The molecule has 0 saturated carbocycles. The number of anilines is 1. The highest BCUT2D eigenvalue weighted by Crippen LogP contribution is 2.23. The molecule has 2 aromatic carbocycles. The summed E-state index contributed by atoms with van der Waals surface area (Å²) in [5.74, 6) is -0.486. The van der Waals surface area contributed by atoms with E-state index in [-0.39, 0.29) is 18.1 Å². The van der Waals surface area contributed by atoms with Crippen LogP contribution in [0.2, 0.25) is 0 Å². The van der Waals surface area contributed by atoms with E-state index in [1.807, 2.05) is 12.2 Å². The van der Waals surface area contributed by atoms with E-state index in [9.17, 15) is 18.0 Å². The number of nitrogens with zero attached hydrogens (tertiary/aromatic N) is 3. The molecule has 202 valence electrons. The van der Waals surface area contributed by atoms with Crippen molar-refractivity contribution >= 4 is 28.6 Å². The molecule has 1 aromatic heterocycles. The normalized spacial score (nSPS) is 11.8. The van der Waals surface area contributed by atoms with Crippen molar-refractivity contribution in [1.82, 2.24) is 10.2 Å². The predicted molar refractivity (Wildman–Crippen MR) is 144 cm³/mol. The topological polar surface area (TPSA) is 112 Å². The molecule has 0 aliphatic carbocycles. The van der Waals surface area contributed by atoms with Crippen LogP contribution in [0.3, 0.4) is 0 Å². The Morgan fingerprint density at radius 3 is 2.69 bits per heavy atom. The number of carbonyl (C=O) groups excluding carboxylic acids is 1. The van der Waals surface area contributed by atoms with Crippen molar-refractivity contribution in [2.45, 2.75) is 44.9 Å². The zero-order valence-corrected chi connectivity index (χ0v) is 21.7. The second-order valence-corrected chi connectivity index (χ2v) is 9.52. The molecule has 0 aliphatic heterocycles. The number of alkyl halides is 3. The molecule has 0 aliphatic rings. The lowest BCUT2D eigenvalue weighted by Gasteiger charge is -2.09. The SMILES string of the molecule is N#Cc1cccc(CC(=O)Nc2nnc(CCCC/C(C=N)=C/C=C/Cc3cccc(OC(F)(F)F)c3)s2)c1. The van der Waals surface area contributed by atoms with Crippen LogP contribution in [0.5, 0.6) is 5.75 Å². The lowest BCUT2D eigenvalue weighted by atomic mass is 10.1. The van der Waals surface area contributed by atoms with Crippen molar-refractivity contribution in [3.05, 3.63) is 94.0 Å². The zero-order valence-electron chi connectivity index (χ0n) is 20.9. The van der Waals surface area contributed by atoms with E-state index in [0.29, 0.717) is 35.5 Å². The number of halogens is 3. The lowest BCUT2D eigenvalue weighted by Crippen LogP contribution is -2.17. The predicted octanol–water partition coefficient (Wildman–Crippen LogP) is 6.58. The maximum Gasteiger partial charge on any atom is 0.573 e. The van der Waals surface area contributed by atoms with E-state index in [1.165, 1.54) is 35.8 Å². The molecule has 0 radical (unpaired) electrons. The van der Waals surface area contributed by atoms with E-state index in [2.05, 4.69) is 26.3 Å². The minimum atomic E-state index is -4.72. The molecule has 0 bridgehead atoms. The number of aryl methyl sites for hydroxylation is 1. The van der Waals surface area contributed by atoms with Crippen LogP contribution in [-0.2, 0) is 24.1 Å². The van der Waals surface area contributed by atoms with Crippen LogP contribution in [0.25, 0.3) is 0 Å². The summed E-state index contributed by atoms with van der Waals surface area (Å²) in [6.07, 6.45) is 5.56. The van der Waals surface area contributed by atoms with Crippen LogP contribution in [0.15, 0.2) is 72.3 Å². The molecule has 0 saturated heterocycles. The fourth-order valence-corrected chi connectivity index (χ4v) is 4.38. The summed E-state index contributed by atoms with van der Waals surface area (Å²) in [5.41, 5.74) is 2.75. The first-order valence-electron chi connectivity index (χ1n) is 12.1. The van der Waals surface area contributed by atoms with E-state index in [0.717, 1.165) is 29.0 Å². The highest BCUT2D eigenvalue weighted by Gasteiger charge is 2.31. The van der Waals surface area contributed by atoms with Crippen molar-refractivity contribution in [3.63, 3.8) is 0 Å². The molecule has 1 heterocycles. The highest BCUT2D eigenvalue weighted by atomic mass is 32.1. The van der Waals surface area contributed by atoms with E-state index in [4.69, 9.17) is 10.7 Å². The number of amides is 1. The minimum absolute atomic E-state index is 0.135. The fourth-order valence-electron chi connectivity index (χ4n) is 3.58. The van der Waals surface area contributed by atoms with Gasteiger partial charge in [0.05, 0.1) is 18.1 Å². The molecule has 11 heteroatoms. The number of hydrogen-bond acceptors (Lipinski definition) is 7. The van der Waals surface area contributed by atoms with Crippen LogP contribution < -0.4 is 10.1 Å². The molecule has 0 atom stereocenters. The smallest absolute Gasteiger partial charge is 0.406 e. The Bertz CT molecular complexity index is 1380. The third-order valence-electron chi connectivity index (χ3n) is 5.36. The first kappa shape index (κ1) is 29.3. The number of nitrogens with one attached hydrogen (secondary N) is 2. The standard InChI is InChI=1S/C28H26F3N5O2S/c29-28(30,31)38-24-13-6-10-20(16-24)7-1-2-8-21(18-32)9-3-4-14-26-35-36-27(39-26)34-25(37)17-22-11-5-12-23(15-22)19-33/h1-2,5-6,8,10-13,15-16,18,32H,3-4,7,9,14,17H2,(H,34,36,37)/b2-1+,21-8-,32-18?. The van der Waals surface area contributed by atoms with Crippen molar-refractivity contribution < 1.29 is 22.7 Å². The zero-order chi connectivity index (χ0) is 28.1. The Hall–Kier alpha value is -4.30. The summed E-state index contributed by atoms with van der Waals surface area (Å²) >= 11 is 1.31. The van der Waals surface area contributed by atoms with Crippen molar-refractivity contribution in [3.8, 4) is 11.8 Å². The maximum absolute atomic E-state index is 12.4. The number of benzene rings is 2. The van der Waals surface area contributed by atoms with Gasteiger partial charge >= 0.3 is 6.36 Å². The Kier molecular flexibility index (Phi) is 10.9. The number of rotatable bonds is 13. The number of ether oxygens (including phenoxy) is 1. The average Bonchev–Trinajstić information content (AvgIpc) is 3.33. The van der Waals surface area contributed by atoms with Crippen LogP contribution in [0, 0.1) is 16.7 Å². The quantitative estimate of drug-likeness (QED) is 0.141. The molecule has 1 amide bonds. The van der Waals surface area contributed by atoms with Crippen molar-refractivity contribution in [2.24, 2.45) is 0 Å². The average molecular weight is 554 g/mol. The van der Waals surface area contributed by atoms with Gasteiger partial charge < -0.3 is 15.5 Å². The molecule has 39 heavy (non-hydrogen) atoms. The van der Waals surface area contributed by atoms with Gasteiger partial charge in [-0.2, -0.15) is 5.26 Å². The summed E-state index contributed by atoms with van der Waals surface area (Å²) in [5, 5.41) is 28.7. The van der Waals surface area contributed by atoms with E-state index < -0.39 is 6.36 Å². The number of aromatic nitrogens is 2. The summed E-state index contributed by atoms with van der Waals surface area (Å²) in [6.45, 7) is 0. The van der Waals surface area contributed by atoms with Crippen molar-refractivity contribution in [1.29, 1.82) is 10.7 Å². The summed E-state index contributed by atoms with van der Waals surface area (Å²) in [7, 11) is 0. The molecule has 0 fully saturated rings. The van der Waals surface area contributed by atoms with Crippen LogP contribution in [0.1, 0.15) is 41.0 Å². The Labute approximate surface area is 228 Å². The third kappa shape index (κ3) is 10.9. The van der Waals surface area contributed by atoms with Gasteiger partial charge in [-0.25, -0.2) is 0 Å². The van der Waals surface area contributed by atoms with Gasteiger partial charge in [0.25, 0.3) is 0 Å². The van der Waals surface area contributed by atoms with Gasteiger partial charge in [0.2, 0.25) is 11.0 Å². The number of carbonyl (C=O) groups is 1. The number of allylic oxidation sites excluding steroid dienone is 4. The first-order valence-corrected chi connectivity index (χ1v) is 12.9. The van der Waals surface area contributed by atoms with Gasteiger partial charge in [0.1, 0.15) is 10.8 Å². The molecule has 3 aromatic rings.